The molecule has 4 atom stereocenters. The van der Waals surface area contributed by atoms with Crippen LogP contribution in [-0.4, -0.2) is 22.6 Å². The van der Waals surface area contributed by atoms with Crippen molar-refractivity contribution in [2.45, 2.75) is 51.4 Å². The maximum atomic E-state index is 10.6. The molecule has 0 spiro atoms. The van der Waals surface area contributed by atoms with Crippen LogP contribution in [0.5, 0.6) is 0 Å². The molecule has 2 aliphatic rings. The Morgan fingerprint density at radius 3 is 2.61 bits per heavy atom. The summed E-state index contributed by atoms with van der Waals surface area (Å²) in [6.07, 6.45) is 17.7. The van der Waals surface area contributed by atoms with Crippen molar-refractivity contribution in [3.63, 3.8) is 0 Å². The molecule has 0 aromatic heterocycles. The Morgan fingerprint density at radius 1 is 1.04 bits per heavy atom. The second kappa shape index (κ2) is 11.5. The molecule has 0 heterocycles. The zero-order valence-electron chi connectivity index (χ0n) is 16.8. The van der Waals surface area contributed by atoms with E-state index in [0.29, 0.717) is 0 Å². The fraction of sp³-hybridized carbons (Fsp3) is 0.560. The van der Waals surface area contributed by atoms with Crippen LogP contribution in [0.4, 0.5) is 0 Å². The van der Waals surface area contributed by atoms with Gasteiger partial charge in [-0.25, -0.2) is 0 Å². The van der Waals surface area contributed by atoms with Gasteiger partial charge in [0.1, 0.15) is 0 Å². The largest absolute Gasteiger partial charge is 0.481 e. The first-order valence-electron chi connectivity index (χ1n) is 10.9. The number of unbranched alkanes of at least 4 members (excludes halogenated alkanes) is 1. The minimum atomic E-state index is -0.684. The zero-order chi connectivity index (χ0) is 19.6. The number of carbonyl (C=O) groups is 1. The number of benzene rings is 1. The minimum Gasteiger partial charge on any atom is -0.481 e. The number of carboxylic acids is 1. The molecule has 3 rings (SSSR count). The highest BCUT2D eigenvalue weighted by atomic mass is 32.2. The normalized spacial score (nSPS) is 26.6. The van der Waals surface area contributed by atoms with Crippen LogP contribution >= 0.6 is 11.8 Å². The average molecular weight is 399 g/mol. The highest BCUT2D eigenvalue weighted by Gasteiger charge is 2.46. The van der Waals surface area contributed by atoms with E-state index in [4.69, 9.17) is 5.11 Å². The summed E-state index contributed by atoms with van der Waals surface area (Å²) in [4.78, 5) is 10.6. The molecule has 2 nitrogen and oxygen atoms in total. The van der Waals surface area contributed by atoms with Gasteiger partial charge in [0.05, 0.1) is 0 Å². The fourth-order valence-corrected chi connectivity index (χ4v) is 6.27. The summed E-state index contributed by atoms with van der Waals surface area (Å²) < 4.78 is 0. The standard InChI is InChI=1S/C25H34O2S/c26-25(27)14-7-2-1-6-13-23-21-15-16-22(18-21)24(23)19-28-17-9-8-12-20-10-4-3-5-11-20/h1,3-6,8-11,21-24H,2,7,12-19H2,(H,26,27)/b6-1-,9-8+/t21-,22+,23-,24+/m0/s1. The Hall–Kier alpha value is -1.48. The minimum absolute atomic E-state index is 0.287. The Balaban J connectivity index is 1.36. The van der Waals surface area contributed by atoms with Crippen LogP contribution in [-0.2, 0) is 11.2 Å². The van der Waals surface area contributed by atoms with E-state index in [-0.39, 0.29) is 6.42 Å². The Morgan fingerprint density at radius 2 is 1.82 bits per heavy atom. The van der Waals surface area contributed by atoms with E-state index in [1.54, 1.807) is 0 Å². The number of hydrogen-bond donors (Lipinski definition) is 1. The third-order valence-electron chi connectivity index (χ3n) is 6.50. The number of aliphatic carboxylic acids is 1. The molecule has 152 valence electrons. The number of thioether (sulfide) groups is 1. The van der Waals surface area contributed by atoms with E-state index in [1.807, 2.05) is 0 Å². The summed E-state index contributed by atoms with van der Waals surface area (Å²) in [5, 5.41) is 8.71. The lowest BCUT2D eigenvalue weighted by atomic mass is 9.78. The summed E-state index contributed by atoms with van der Waals surface area (Å²) in [7, 11) is 0. The van der Waals surface area contributed by atoms with Crippen molar-refractivity contribution in [3.8, 4) is 0 Å². The summed E-state index contributed by atoms with van der Waals surface area (Å²) in [6.45, 7) is 0. The first-order chi connectivity index (χ1) is 13.7. The topological polar surface area (TPSA) is 37.3 Å². The molecule has 1 aromatic carbocycles. The maximum Gasteiger partial charge on any atom is 0.303 e. The van der Waals surface area contributed by atoms with E-state index < -0.39 is 5.97 Å². The summed E-state index contributed by atoms with van der Waals surface area (Å²) in [5.41, 5.74) is 1.38. The number of rotatable bonds is 12. The van der Waals surface area contributed by atoms with Crippen molar-refractivity contribution in [2.24, 2.45) is 23.7 Å². The van der Waals surface area contributed by atoms with Crippen molar-refractivity contribution >= 4 is 17.7 Å². The predicted molar refractivity (Wildman–Crippen MR) is 120 cm³/mol. The number of hydrogen-bond acceptors (Lipinski definition) is 2. The van der Waals surface area contributed by atoms with E-state index in [1.165, 1.54) is 37.0 Å². The highest BCUT2D eigenvalue weighted by molar-refractivity contribution is 7.99. The molecule has 28 heavy (non-hydrogen) atoms. The van der Waals surface area contributed by atoms with Gasteiger partial charge >= 0.3 is 5.97 Å². The molecule has 0 amide bonds. The van der Waals surface area contributed by atoms with Crippen molar-refractivity contribution in [3.05, 3.63) is 60.2 Å². The number of fused-ring (bicyclic) bond motifs is 2. The molecular weight excluding hydrogens is 364 g/mol. The third-order valence-corrected chi connectivity index (χ3v) is 7.55. The van der Waals surface area contributed by atoms with Gasteiger partial charge in [0, 0.05) is 12.2 Å². The summed E-state index contributed by atoms with van der Waals surface area (Å²) in [6, 6.07) is 10.7. The highest BCUT2D eigenvalue weighted by Crippen LogP contribution is 2.54. The second-order valence-electron chi connectivity index (χ2n) is 8.35. The molecule has 1 N–H and O–H groups in total. The average Bonchev–Trinajstić information content (AvgIpc) is 3.30. The van der Waals surface area contributed by atoms with Crippen LogP contribution in [0.1, 0.15) is 50.5 Å². The van der Waals surface area contributed by atoms with Crippen molar-refractivity contribution in [1.82, 2.24) is 0 Å². The van der Waals surface area contributed by atoms with E-state index in [9.17, 15) is 4.79 Å². The number of allylic oxidation sites excluding steroid dienone is 3. The molecule has 0 saturated heterocycles. The number of carboxylic acid groups (broad SMARTS) is 1. The third kappa shape index (κ3) is 6.55. The SMILES string of the molecule is O=C(O)CCC/C=C\C[C@H]1[C@H]2CC[C@H](C2)[C@H]1CSC/C=C/Cc1ccccc1. The van der Waals surface area contributed by atoms with Crippen LogP contribution < -0.4 is 0 Å². The quantitative estimate of drug-likeness (QED) is 0.328. The molecule has 2 aliphatic carbocycles. The molecule has 0 aliphatic heterocycles. The van der Waals surface area contributed by atoms with Crippen molar-refractivity contribution in [2.75, 3.05) is 11.5 Å². The van der Waals surface area contributed by atoms with Gasteiger partial charge in [0.15, 0.2) is 0 Å². The Kier molecular flexibility index (Phi) is 8.72. The lowest BCUT2D eigenvalue weighted by Crippen LogP contribution is -2.24. The molecular formula is C25H34O2S. The van der Waals surface area contributed by atoms with E-state index >= 15 is 0 Å². The van der Waals surface area contributed by atoms with Gasteiger partial charge in [-0.3, -0.25) is 4.79 Å². The zero-order valence-corrected chi connectivity index (χ0v) is 17.7. The smallest absolute Gasteiger partial charge is 0.303 e. The van der Waals surface area contributed by atoms with Gasteiger partial charge in [0.2, 0.25) is 0 Å². The van der Waals surface area contributed by atoms with E-state index in [0.717, 1.165) is 48.7 Å². The van der Waals surface area contributed by atoms with Gasteiger partial charge in [-0.15, -0.1) is 0 Å². The molecule has 0 radical (unpaired) electrons. The second-order valence-corrected chi connectivity index (χ2v) is 9.43. The lowest BCUT2D eigenvalue weighted by molar-refractivity contribution is -0.137. The lowest BCUT2D eigenvalue weighted by Gasteiger charge is -2.30. The monoisotopic (exact) mass is 398 g/mol. The maximum absolute atomic E-state index is 10.6. The molecule has 2 bridgehead atoms. The van der Waals surface area contributed by atoms with Crippen molar-refractivity contribution in [1.29, 1.82) is 0 Å². The summed E-state index contributed by atoms with van der Waals surface area (Å²) >= 11 is 2.10. The molecule has 1 aromatic rings. The van der Waals surface area contributed by atoms with Crippen LogP contribution in [0.25, 0.3) is 0 Å². The molecule has 3 heteroatoms. The fourth-order valence-electron chi connectivity index (χ4n) is 5.07. The van der Waals surface area contributed by atoms with Crippen molar-refractivity contribution < 1.29 is 9.90 Å². The van der Waals surface area contributed by atoms with Crippen LogP contribution in [0, 0.1) is 23.7 Å². The molecule has 0 unspecified atom stereocenters. The van der Waals surface area contributed by atoms with Crippen LogP contribution in [0.3, 0.4) is 0 Å². The van der Waals surface area contributed by atoms with E-state index in [2.05, 4.69) is 66.4 Å². The van der Waals surface area contributed by atoms with Gasteiger partial charge in [-0.05, 0) is 79.9 Å². The van der Waals surface area contributed by atoms with Crippen LogP contribution in [0.2, 0.25) is 0 Å². The molecule has 2 saturated carbocycles. The Labute approximate surface area is 174 Å². The van der Waals surface area contributed by atoms with Gasteiger partial charge in [-0.2, -0.15) is 11.8 Å². The Bertz CT molecular complexity index is 652. The predicted octanol–water partition coefficient (Wildman–Crippen LogP) is 6.38. The van der Waals surface area contributed by atoms with Gasteiger partial charge in [0.25, 0.3) is 0 Å². The first kappa shape index (κ1) is 21.2. The van der Waals surface area contributed by atoms with Gasteiger partial charge < -0.3 is 5.11 Å². The first-order valence-corrected chi connectivity index (χ1v) is 12.0. The van der Waals surface area contributed by atoms with Crippen LogP contribution in [0.15, 0.2) is 54.6 Å². The molecule has 2 fully saturated rings. The summed E-state index contributed by atoms with van der Waals surface area (Å²) in [5.74, 6) is 5.37. The van der Waals surface area contributed by atoms with Gasteiger partial charge in [-0.1, -0.05) is 54.6 Å².